The molecule has 8 heteroatoms. The number of phenolic OH excluding ortho intramolecular Hbond substituents is 1. The van der Waals surface area contributed by atoms with Crippen molar-refractivity contribution in [3.8, 4) is 5.75 Å². The SMILES string of the molecule is Oc1c(F)ccc(C(F)(F)F)c1[C@H](c1cccs1)N1CCNCC1. The number of alkyl halides is 3. The molecule has 0 aliphatic carbocycles. The summed E-state index contributed by atoms with van der Waals surface area (Å²) in [6.45, 7) is 2.27. The molecule has 0 unspecified atom stereocenters. The number of benzene rings is 1. The van der Waals surface area contributed by atoms with Gasteiger partial charge >= 0.3 is 6.18 Å². The summed E-state index contributed by atoms with van der Waals surface area (Å²) in [5.41, 5.74) is -1.41. The summed E-state index contributed by atoms with van der Waals surface area (Å²) in [4.78, 5) is 2.48. The predicted octanol–water partition coefficient (Wildman–Crippen LogP) is 3.61. The van der Waals surface area contributed by atoms with Crippen molar-refractivity contribution < 1.29 is 22.7 Å². The van der Waals surface area contributed by atoms with Gasteiger partial charge in [0, 0.05) is 36.6 Å². The quantitative estimate of drug-likeness (QED) is 0.821. The highest BCUT2D eigenvalue weighted by atomic mass is 32.1. The van der Waals surface area contributed by atoms with Crippen LogP contribution >= 0.6 is 11.3 Å². The van der Waals surface area contributed by atoms with Crippen LogP contribution in [0.1, 0.15) is 22.0 Å². The lowest BCUT2D eigenvalue weighted by atomic mass is 9.95. The number of halogens is 4. The van der Waals surface area contributed by atoms with Gasteiger partial charge in [0.15, 0.2) is 11.6 Å². The van der Waals surface area contributed by atoms with Crippen molar-refractivity contribution in [3.05, 3.63) is 51.5 Å². The number of nitrogens with one attached hydrogen (secondary N) is 1. The maximum Gasteiger partial charge on any atom is 0.416 e. The zero-order chi connectivity index (χ0) is 17.3. The van der Waals surface area contributed by atoms with Gasteiger partial charge in [-0.05, 0) is 23.6 Å². The molecule has 1 aromatic carbocycles. The zero-order valence-corrected chi connectivity index (χ0v) is 13.4. The van der Waals surface area contributed by atoms with Crippen LogP contribution in [0.2, 0.25) is 0 Å². The van der Waals surface area contributed by atoms with Gasteiger partial charge in [0.05, 0.1) is 11.6 Å². The van der Waals surface area contributed by atoms with Crippen LogP contribution in [0.4, 0.5) is 17.6 Å². The van der Waals surface area contributed by atoms with Crippen molar-refractivity contribution >= 4 is 11.3 Å². The Kier molecular flexibility index (Phi) is 4.80. The molecule has 1 fully saturated rings. The van der Waals surface area contributed by atoms with Gasteiger partial charge in [0.25, 0.3) is 0 Å². The molecule has 3 rings (SSSR count). The minimum Gasteiger partial charge on any atom is -0.505 e. The summed E-state index contributed by atoms with van der Waals surface area (Å²) in [6.07, 6.45) is -4.68. The van der Waals surface area contributed by atoms with E-state index in [4.69, 9.17) is 0 Å². The number of thiophene rings is 1. The van der Waals surface area contributed by atoms with E-state index in [1.807, 2.05) is 4.90 Å². The minimum atomic E-state index is -4.68. The van der Waals surface area contributed by atoms with E-state index in [1.54, 1.807) is 17.5 Å². The number of nitrogens with zero attached hydrogens (tertiary/aromatic N) is 1. The van der Waals surface area contributed by atoms with Gasteiger partial charge in [-0.15, -0.1) is 11.3 Å². The van der Waals surface area contributed by atoms with Crippen molar-refractivity contribution in [1.82, 2.24) is 10.2 Å². The summed E-state index contributed by atoms with van der Waals surface area (Å²) in [5, 5.41) is 15.0. The third-order valence-corrected chi connectivity index (χ3v) is 5.00. The van der Waals surface area contributed by atoms with E-state index in [1.165, 1.54) is 11.3 Å². The molecule has 0 spiro atoms. The Labute approximate surface area is 140 Å². The van der Waals surface area contributed by atoms with Gasteiger partial charge < -0.3 is 10.4 Å². The molecule has 2 N–H and O–H groups in total. The van der Waals surface area contributed by atoms with Crippen LogP contribution in [0, 0.1) is 5.82 Å². The lowest BCUT2D eigenvalue weighted by Crippen LogP contribution is -2.45. The van der Waals surface area contributed by atoms with Crippen LogP contribution in [0.15, 0.2) is 29.6 Å². The van der Waals surface area contributed by atoms with Crippen molar-refractivity contribution in [1.29, 1.82) is 0 Å². The van der Waals surface area contributed by atoms with E-state index in [-0.39, 0.29) is 0 Å². The first-order chi connectivity index (χ1) is 11.4. The highest BCUT2D eigenvalue weighted by Gasteiger charge is 2.40. The van der Waals surface area contributed by atoms with E-state index in [9.17, 15) is 22.7 Å². The fourth-order valence-corrected chi connectivity index (χ4v) is 3.86. The molecule has 0 amide bonds. The molecule has 0 saturated carbocycles. The summed E-state index contributed by atoms with van der Waals surface area (Å²) in [5.74, 6) is -1.98. The Morgan fingerprint density at radius 3 is 2.46 bits per heavy atom. The fraction of sp³-hybridized carbons (Fsp3) is 0.375. The Morgan fingerprint density at radius 2 is 1.88 bits per heavy atom. The molecule has 1 aromatic heterocycles. The molecule has 2 heterocycles. The van der Waals surface area contributed by atoms with Gasteiger partial charge in [-0.25, -0.2) is 4.39 Å². The van der Waals surface area contributed by atoms with Crippen molar-refractivity contribution in [2.24, 2.45) is 0 Å². The van der Waals surface area contributed by atoms with Crippen LogP contribution in [0.5, 0.6) is 5.75 Å². The third-order valence-electron chi connectivity index (χ3n) is 4.08. The second-order valence-corrected chi connectivity index (χ2v) is 6.54. The zero-order valence-electron chi connectivity index (χ0n) is 12.6. The van der Waals surface area contributed by atoms with Crippen LogP contribution in [-0.4, -0.2) is 36.2 Å². The molecule has 1 atom stereocenters. The van der Waals surface area contributed by atoms with Crippen molar-refractivity contribution in [3.63, 3.8) is 0 Å². The Hall–Kier alpha value is -1.64. The predicted molar refractivity (Wildman–Crippen MR) is 83.7 cm³/mol. The second kappa shape index (κ2) is 6.70. The van der Waals surface area contributed by atoms with Crippen molar-refractivity contribution in [2.45, 2.75) is 12.2 Å². The highest BCUT2D eigenvalue weighted by Crippen LogP contribution is 2.45. The molecule has 0 bridgehead atoms. The van der Waals surface area contributed by atoms with Gasteiger partial charge in [-0.3, -0.25) is 4.90 Å². The monoisotopic (exact) mass is 360 g/mol. The average Bonchev–Trinajstić information content (AvgIpc) is 3.06. The van der Waals surface area contributed by atoms with E-state index in [0.717, 1.165) is 0 Å². The van der Waals surface area contributed by atoms with Crippen molar-refractivity contribution in [2.75, 3.05) is 26.2 Å². The number of piperazine rings is 1. The number of hydrogen-bond acceptors (Lipinski definition) is 4. The largest absolute Gasteiger partial charge is 0.505 e. The smallest absolute Gasteiger partial charge is 0.416 e. The molecule has 130 valence electrons. The van der Waals surface area contributed by atoms with E-state index < -0.39 is 34.9 Å². The summed E-state index contributed by atoms with van der Waals surface area (Å²) in [7, 11) is 0. The lowest BCUT2D eigenvalue weighted by molar-refractivity contribution is -0.138. The molecule has 24 heavy (non-hydrogen) atoms. The third kappa shape index (κ3) is 3.26. The first-order valence-electron chi connectivity index (χ1n) is 7.46. The van der Waals surface area contributed by atoms with Gasteiger partial charge in [0.1, 0.15) is 0 Å². The molecule has 2 aromatic rings. The van der Waals surface area contributed by atoms with E-state index in [0.29, 0.717) is 43.2 Å². The topological polar surface area (TPSA) is 35.5 Å². The Balaban J connectivity index is 2.19. The van der Waals surface area contributed by atoms with E-state index >= 15 is 0 Å². The van der Waals surface area contributed by atoms with Gasteiger partial charge in [-0.2, -0.15) is 13.2 Å². The molecule has 1 aliphatic heterocycles. The average molecular weight is 360 g/mol. The molecule has 3 nitrogen and oxygen atoms in total. The second-order valence-electron chi connectivity index (χ2n) is 5.56. The summed E-state index contributed by atoms with van der Waals surface area (Å²) >= 11 is 1.29. The highest BCUT2D eigenvalue weighted by molar-refractivity contribution is 7.10. The first-order valence-corrected chi connectivity index (χ1v) is 8.34. The summed E-state index contributed by atoms with van der Waals surface area (Å²) < 4.78 is 54.3. The maximum atomic E-state index is 13.9. The molecule has 1 aliphatic rings. The number of phenols is 1. The fourth-order valence-electron chi connectivity index (χ4n) is 3.00. The standard InChI is InChI=1S/C16H16F4N2OS/c17-11-4-3-10(16(18,19)20)13(15(11)23)14(12-2-1-9-24-12)22-7-5-21-6-8-22/h1-4,9,14,21,23H,5-8H2/t14-/m0/s1. The van der Waals surface area contributed by atoms with Crippen LogP contribution in [-0.2, 0) is 6.18 Å². The maximum absolute atomic E-state index is 13.9. The minimum absolute atomic E-state index is 0.410. The number of hydrogen-bond donors (Lipinski definition) is 2. The Bertz CT molecular complexity index is 697. The number of rotatable bonds is 3. The first kappa shape index (κ1) is 17.2. The molecule has 1 saturated heterocycles. The van der Waals surface area contributed by atoms with E-state index in [2.05, 4.69) is 5.32 Å². The van der Waals surface area contributed by atoms with Crippen LogP contribution in [0.25, 0.3) is 0 Å². The van der Waals surface area contributed by atoms with Crippen LogP contribution in [0.3, 0.4) is 0 Å². The molecular weight excluding hydrogens is 344 g/mol. The van der Waals surface area contributed by atoms with Gasteiger partial charge in [-0.1, -0.05) is 6.07 Å². The normalized spacial score (nSPS) is 17.8. The summed E-state index contributed by atoms with van der Waals surface area (Å²) in [6, 6.07) is 3.97. The van der Waals surface area contributed by atoms with Crippen LogP contribution < -0.4 is 5.32 Å². The van der Waals surface area contributed by atoms with Gasteiger partial charge in [0.2, 0.25) is 0 Å². The Morgan fingerprint density at radius 1 is 1.17 bits per heavy atom. The molecular formula is C16H16F4N2OS. The number of aromatic hydroxyl groups is 1. The lowest BCUT2D eigenvalue weighted by Gasteiger charge is -2.36. The molecule has 0 radical (unpaired) electrons.